The summed E-state index contributed by atoms with van der Waals surface area (Å²) in [6.07, 6.45) is 2.95. The van der Waals surface area contributed by atoms with Crippen LogP contribution in [0.2, 0.25) is 0 Å². The quantitative estimate of drug-likeness (QED) is 0.756. The summed E-state index contributed by atoms with van der Waals surface area (Å²) in [5.74, 6) is 0.338. The second kappa shape index (κ2) is 6.74. The van der Waals surface area contributed by atoms with Crippen LogP contribution in [0, 0.1) is 0 Å². The van der Waals surface area contributed by atoms with Crippen molar-refractivity contribution in [3.05, 3.63) is 35.9 Å². The highest BCUT2D eigenvalue weighted by Gasteiger charge is 2.10. The summed E-state index contributed by atoms with van der Waals surface area (Å²) in [7, 11) is 0. The van der Waals surface area contributed by atoms with E-state index in [0.29, 0.717) is 17.3 Å². The maximum absolute atomic E-state index is 11.7. The molecule has 7 nitrogen and oxygen atoms in total. The number of aromatic amines is 1. The van der Waals surface area contributed by atoms with Crippen molar-refractivity contribution in [2.24, 2.45) is 0 Å². The Morgan fingerprint density at radius 2 is 2.24 bits per heavy atom. The van der Waals surface area contributed by atoms with Crippen molar-refractivity contribution >= 4 is 17.6 Å². The number of H-pyrrole nitrogens is 1. The van der Waals surface area contributed by atoms with Gasteiger partial charge in [-0.05, 0) is 12.0 Å². The van der Waals surface area contributed by atoms with Gasteiger partial charge in [0, 0.05) is 24.7 Å². The Kier molecular flexibility index (Phi) is 4.76. The fourth-order valence-electron chi connectivity index (χ4n) is 1.69. The minimum absolute atomic E-state index is 0.174. The molecular weight excluding hydrogens is 272 g/mol. The van der Waals surface area contributed by atoms with Crippen LogP contribution in [0.3, 0.4) is 0 Å². The van der Waals surface area contributed by atoms with Gasteiger partial charge in [0.25, 0.3) is 5.91 Å². The Balaban J connectivity index is 1.73. The van der Waals surface area contributed by atoms with Gasteiger partial charge in [0.2, 0.25) is 5.91 Å². The molecule has 2 aromatic rings. The van der Waals surface area contributed by atoms with Gasteiger partial charge in [-0.3, -0.25) is 14.7 Å². The van der Waals surface area contributed by atoms with Crippen LogP contribution in [0.15, 0.2) is 29.1 Å². The maximum Gasteiger partial charge on any atom is 0.254 e. The zero-order valence-electron chi connectivity index (χ0n) is 12.0. The SMILES string of the molecule is CC(C)c1cc(NC(=O)CCNC(=O)c2ccoc2)n[nH]1. The van der Waals surface area contributed by atoms with Crippen LogP contribution < -0.4 is 10.6 Å². The number of nitrogens with zero attached hydrogens (tertiary/aromatic N) is 1. The summed E-state index contributed by atoms with van der Waals surface area (Å²) in [6.45, 7) is 4.31. The van der Waals surface area contributed by atoms with Crippen LogP contribution in [-0.4, -0.2) is 28.6 Å². The fourth-order valence-corrected chi connectivity index (χ4v) is 1.69. The van der Waals surface area contributed by atoms with Gasteiger partial charge in [0.1, 0.15) is 6.26 Å². The number of hydrogen-bond donors (Lipinski definition) is 3. The third-order valence-corrected chi connectivity index (χ3v) is 2.91. The van der Waals surface area contributed by atoms with Crippen LogP contribution in [0.4, 0.5) is 5.82 Å². The minimum Gasteiger partial charge on any atom is -0.472 e. The first-order valence-electron chi connectivity index (χ1n) is 6.72. The maximum atomic E-state index is 11.7. The number of hydrogen-bond acceptors (Lipinski definition) is 4. The predicted octanol–water partition coefficient (Wildman–Crippen LogP) is 1.88. The molecular formula is C14H18N4O3. The number of rotatable bonds is 6. The molecule has 7 heteroatoms. The molecule has 21 heavy (non-hydrogen) atoms. The smallest absolute Gasteiger partial charge is 0.254 e. The predicted molar refractivity (Wildman–Crippen MR) is 77.0 cm³/mol. The van der Waals surface area contributed by atoms with Gasteiger partial charge in [-0.15, -0.1) is 0 Å². The molecule has 0 aromatic carbocycles. The number of aromatic nitrogens is 2. The Morgan fingerprint density at radius 1 is 1.43 bits per heavy atom. The highest BCUT2D eigenvalue weighted by Crippen LogP contribution is 2.14. The Hall–Kier alpha value is -2.57. The van der Waals surface area contributed by atoms with Gasteiger partial charge in [-0.25, -0.2) is 0 Å². The van der Waals surface area contributed by atoms with E-state index in [1.165, 1.54) is 12.5 Å². The van der Waals surface area contributed by atoms with E-state index in [1.54, 1.807) is 12.1 Å². The van der Waals surface area contributed by atoms with Crippen molar-refractivity contribution in [3.8, 4) is 0 Å². The van der Waals surface area contributed by atoms with E-state index in [2.05, 4.69) is 20.8 Å². The summed E-state index contributed by atoms with van der Waals surface area (Å²) in [5.41, 5.74) is 1.39. The topological polar surface area (TPSA) is 100 Å². The van der Waals surface area contributed by atoms with Gasteiger partial charge in [0.15, 0.2) is 5.82 Å². The third kappa shape index (κ3) is 4.20. The highest BCUT2D eigenvalue weighted by molar-refractivity contribution is 5.94. The van der Waals surface area contributed by atoms with Crippen LogP contribution in [0.1, 0.15) is 42.2 Å². The molecule has 2 rings (SSSR count). The molecule has 0 atom stereocenters. The second-order valence-electron chi connectivity index (χ2n) is 4.93. The van der Waals surface area contributed by atoms with E-state index in [1.807, 2.05) is 13.8 Å². The number of carbonyl (C=O) groups is 2. The van der Waals surface area contributed by atoms with Crippen molar-refractivity contribution in [2.75, 3.05) is 11.9 Å². The lowest BCUT2D eigenvalue weighted by molar-refractivity contribution is -0.116. The molecule has 0 fully saturated rings. The summed E-state index contributed by atoms with van der Waals surface area (Å²) in [5, 5.41) is 12.2. The molecule has 3 N–H and O–H groups in total. The lowest BCUT2D eigenvalue weighted by Crippen LogP contribution is -2.27. The van der Waals surface area contributed by atoms with E-state index in [-0.39, 0.29) is 24.8 Å². The van der Waals surface area contributed by atoms with Gasteiger partial charge in [-0.2, -0.15) is 5.10 Å². The molecule has 0 bridgehead atoms. The molecule has 0 saturated heterocycles. The van der Waals surface area contributed by atoms with Crippen LogP contribution in [0.25, 0.3) is 0 Å². The number of nitrogens with one attached hydrogen (secondary N) is 3. The van der Waals surface area contributed by atoms with Crippen molar-refractivity contribution in [3.63, 3.8) is 0 Å². The molecule has 2 aromatic heterocycles. The minimum atomic E-state index is -0.265. The van der Waals surface area contributed by atoms with E-state index in [0.717, 1.165) is 5.69 Å². The Labute approximate surface area is 122 Å². The number of furan rings is 1. The third-order valence-electron chi connectivity index (χ3n) is 2.91. The lowest BCUT2D eigenvalue weighted by Gasteiger charge is -2.03. The summed E-state index contributed by atoms with van der Waals surface area (Å²) in [4.78, 5) is 23.3. The van der Waals surface area contributed by atoms with E-state index < -0.39 is 0 Å². The summed E-state index contributed by atoms with van der Waals surface area (Å²) < 4.78 is 4.81. The molecule has 0 radical (unpaired) electrons. The van der Waals surface area contributed by atoms with E-state index >= 15 is 0 Å². The van der Waals surface area contributed by atoms with Gasteiger partial charge in [0.05, 0.1) is 11.8 Å². The van der Waals surface area contributed by atoms with Crippen molar-refractivity contribution in [1.82, 2.24) is 15.5 Å². The standard InChI is InChI=1S/C14H18N4O3/c1-9(2)11-7-12(18-17-11)16-13(19)3-5-15-14(20)10-4-6-21-8-10/h4,6-9H,3,5H2,1-2H3,(H,15,20)(H2,16,17,18,19). The average molecular weight is 290 g/mol. The molecule has 2 heterocycles. The first-order chi connectivity index (χ1) is 10.1. The second-order valence-corrected chi connectivity index (χ2v) is 4.93. The van der Waals surface area contributed by atoms with Gasteiger partial charge in [-0.1, -0.05) is 13.8 Å². The Morgan fingerprint density at radius 3 is 2.86 bits per heavy atom. The zero-order chi connectivity index (χ0) is 15.2. The van der Waals surface area contributed by atoms with Crippen LogP contribution in [-0.2, 0) is 4.79 Å². The fraction of sp³-hybridized carbons (Fsp3) is 0.357. The number of carbonyl (C=O) groups excluding carboxylic acids is 2. The molecule has 0 aliphatic carbocycles. The lowest BCUT2D eigenvalue weighted by atomic mass is 10.1. The average Bonchev–Trinajstić information content (AvgIpc) is 3.09. The molecule has 112 valence electrons. The molecule has 0 spiro atoms. The highest BCUT2D eigenvalue weighted by atomic mass is 16.3. The first kappa shape index (κ1) is 14.8. The number of anilines is 1. The van der Waals surface area contributed by atoms with Crippen molar-refractivity contribution in [2.45, 2.75) is 26.2 Å². The molecule has 0 aliphatic rings. The summed E-state index contributed by atoms with van der Waals surface area (Å²) in [6, 6.07) is 3.36. The molecule has 0 unspecified atom stereocenters. The normalized spacial score (nSPS) is 10.6. The Bertz CT molecular complexity index is 602. The first-order valence-corrected chi connectivity index (χ1v) is 6.72. The number of amides is 2. The molecule has 0 saturated carbocycles. The van der Waals surface area contributed by atoms with Crippen molar-refractivity contribution < 1.29 is 14.0 Å². The molecule has 2 amide bonds. The summed E-state index contributed by atoms with van der Waals surface area (Å²) >= 11 is 0. The van der Waals surface area contributed by atoms with Gasteiger partial charge >= 0.3 is 0 Å². The van der Waals surface area contributed by atoms with Crippen LogP contribution in [0.5, 0.6) is 0 Å². The van der Waals surface area contributed by atoms with Crippen LogP contribution >= 0.6 is 0 Å². The van der Waals surface area contributed by atoms with E-state index in [9.17, 15) is 9.59 Å². The molecule has 0 aliphatic heterocycles. The zero-order valence-corrected chi connectivity index (χ0v) is 12.0. The largest absolute Gasteiger partial charge is 0.472 e. The van der Waals surface area contributed by atoms with E-state index in [4.69, 9.17) is 4.42 Å². The van der Waals surface area contributed by atoms with Gasteiger partial charge < -0.3 is 15.1 Å². The monoisotopic (exact) mass is 290 g/mol. The van der Waals surface area contributed by atoms with Crippen molar-refractivity contribution in [1.29, 1.82) is 0 Å².